The van der Waals surface area contributed by atoms with Crippen LogP contribution in [0.2, 0.25) is 0 Å². The van der Waals surface area contributed by atoms with E-state index in [9.17, 15) is 13.2 Å². The molecule has 3 heterocycles. The zero-order chi connectivity index (χ0) is 21.3. The first-order valence-electron chi connectivity index (χ1n) is 10.4. The second-order valence-corrected chi connectivity index (χ2v) is 11.4. The first-order valence-corrected chi connectivity index (χ1v) is 13.2. The molecule has 1 saturated heterocycles. The van der Waals surface area contributed by atoms with Crippen molar-refractivity contribution in [1.82, 2.24) is 19.7 Å². The highest BCUT2D eigenvalue weighted by Gasteiger charge is 2.38. The Labute approximate surface area is 181 Å². The molecule has 0 aromatic carbocycles. The summed E-state index contributed by atoms with van der Waals surface area (Å²) >= 11 is 1.35. The van der Waals surface area contributed by atoms with Gasteiger partial charge in [0.25, 0.3) is 0 Å². The number of hydrogen-bond acceptors (Lipinski definition) is 7. The Kier molecular flexibility index (Phi) is 6.24. The second-order valence-electron chi connectivity index (χ2n) is 8.19. The van der Waals surface area contributed by atoms with Crippen LogP contribution < -0.4 is 0 Å². The molecule has 1 saturated carbocycles. The van der Waals surface area contributed by atoms with Gasteiger partial charge < -0.3 is 13.9 Å². The van der Waals surface area contributed by atoms with Crippen LogP contribution in [-0.4, -0.2) is 63.3 Å². The summed E-state index contributed by atoms with van der Waals surface area (Å²) < 4.78 is 31.3. The summed E-state index contributed by atoms with van der Waals surface area (Å²) in [5.74, 6) is 1.96. The van der Waals surface area contributed by atoms with E-state index in [2.05, 4.69) is 10.2 Å². The van der Waals surface area contributed by atoms with Gasteiger partial charge in [0.05, 0.1) is 29.1 Å². The number of sulfone groups is 1. The van der Waals surface area contributed by atoms with Crippen molar-refractivity contribution in [1.29, 1.82) is 0 Å². The molecule has 8 nitrogen and oxygen atoms in total. The van der Waals surface area contributed by atoms with Crippen LogP contribution in [0.25, 0.3) is 11.4 Å². The first-order chi connectivity index (χ1) is 14.4. The monoisotopic (exact) mass is 452 g/mol. The molecule has 1 aliphatic carbocycles. The maximum absolute atomic E-state index is 13.3. The van der Waals surface area contributed by atoms with E-state index in [1.54, 1.807) is 6.26 Å². The Balaban J connectivity index is 1.48. The van der Waals surface area contributed by atoms with Crippen molar-refractivity contribution in [2.24, 2.45) is 7.05 Å². The number of carbonyl (C=O) groups is 1. The zero-order valence-corrected chi connectivity index (χ0v) is 19.0. The van der Waals surface area contributed by atoms with Crippen LogP contribution >= 0.6 is 11.8 Å². The number of amides is 1. The lowest BCUT2D eigenvalue weighted by molar-refractivity contribution is -0.133. The zero-order valence-electron chi connectivity index (χ0n) is 17.4. The van der Waals surface area contributed by atoms with Crippen LogP contribution in [-0.2, 0) is 21.7 Å². The van der Waals surface area contributed by atoms with E-state index in [-0.39, 0.29) is 35.2 Å². The van der Waals surface area contributed by atoms with Crippen LogP contribution in [0.4, 0.5) is 0 Å². The summed E-state index contributed by atoms with van der Waals surface area (Å²) in [4.78, 5) is 15.1. The molecule has 164 valence electrons. The Morgan fingerprint density at radius 3 is 2.63 bits per heavy atom. The van der Waals surface area contributed by atoms with Crippen LogP contribution in [0, 0.1) is 6.92 Å². The largest absolute Gasteiger partial charge is 0.469 e. The van der Waals surface area contributed by atoms with Gasteiger partial charge in [-0.2, -0.15) is 0 Å². The van der Waals surface area contributed by atoms with Crippen molar-refractivity contribution in [2.45, 2.75) is 62.7 Å². The van der Waals surface area contributed by atoms with E-state index in [4.69, 9.17) is 4.42 Å². The van der Waals surface area contributed by atoms with Crippen molar-refractivity contribution in [3.8, 4) is 11.4 Å². The molecule has 2 aliphatic rings. The summed E-state index contributed by atoms with van der Waals surface area (Å²) in [5, 5.41) is 9.16. The van der Waals surface area contributed by atoms with Crippen molar-refractivity contribution in [3.63, 3.8) is 0 Å². The Hall–Kier alpha value is -1.81. The Morgan fingerprint density at radius 2 is 2.00 bits per heavy atom. The predicted octanol–water partition coefficient (Wildman–Crippen LogP) is 2.82. The van der Waals surface area contributed by atoms with E-state index >= 15 is 0 Å². The van der Waals surface area contributed by atoms with Crippen molar-refractivity contribution in [3.05, 3.63) is 18.1 Å². The standard InChI is InChI=1S/C20H28N4O4S2/c1-14-17(8-10-28-14)19-21-22-20(23(19)2)29-12-18(25)24(15-6-4-3-5-7-15)16-9-11-30(26,27)13-16/h8,10,15-16H,3-7,9,11-13H2,1-2H3/t16-/m0/s1. The number of nitrogens with zero attached hydrogens (tertiary/aromatic N) is 4. The number of aromatic nitrogens is 3. The summed E-state index contributed by atoms with van der Waals surface area (Å²) in [5.41, 5.74) is 0.878. The van der Waals surface area contributed by atoms with Gasteiger partial charge in [0.1, 0.15) is 5.76 Å². The molecule has 0 N–H and O–H groups in total. The minimum atomic E-state index is -3.05. The van der Waals surface area contributed by atoms with Crippen LogP contribution in [0.3, 0.4) is 0 Å². The van der Waals surface area contributed by atoms with E-state index in [1.807, 2.05) is 29.5 Å². The molecular formula is C20H28N4O4S2. The number of furan rings is 1. The van der Waals surface area contributed by atoms with Gasteiger partial charge in [-0.15, -0.1) is 10.2 Å². The number of hydrogen-bond donors (Lipinski definition) is 0. The molecule has 0 bridgehead atoms. The smallest absolute Gasteiger partial charge is 0.233 e. The number of aryl methyl sites for hydroxylation is 1. The fourth-order valence-corrected chi connectivity index (χ4v) is 7.04. The maximum atomic E-state index is 13.3. The number of carbonyl (C=O) groups excluding carboxylic acids is 1. The highest BCUT2D eigenvalue weighted by molar-refractivity contribution is 7.99. The molecule has 0 radical (unpaired) electrons. The topological polar surface area (TPSA) is 98.3 Å². The average Bonchev–Trinajstić information content (AvgIpc) is 3.40. The summed E-state index contributed by atoms with van der Waals surface area (Å²) in [6, 6.07) is 1.80. The van der Waals surface area contributed by atoms with Gasteiger partial charge in [0.2, 0.25) is 5.91 Å². The molecule has 2 aromatic heterocycles. The molecule has 1 amide bonds. The molecule has 0 spiro atoms. The molecule has 1 atom stereocenters. The minimum Gasteiger partial charge on any atom is -0.469 e. The number of thioether (sulfide) groups is 1. The molecule has 4 rings (SSSR count). The molecule has 1 aliphatic heterocycles. The highest BCUT2D eigenvalue weighted by Crippen LogP contribution is 2.30. The summed E-state index contributed by atoms with van der Waals surface area (Å²) in [6.07, 6.45) is 7.46. The second kappa shape index (κ2) is 8.74. The van der Waals surface area contributed by atoms with E-state index in [0.29, 0.717) is 17.4 Å². The van der Waals surface area contributed by atoms with Gasteiger partial charge in [0, 0.05) is 19.1 Å². The third-order valence-corrected chi connectivity index (χ3v) is 8.87. The van der Waals surface area contributed by atoms with Crippen LogP contribution in [0.15, 0.2) is 21.9 Å². The molecule has 2 fully saturated rings. The fourth-order valence-electron chi connectivity index (χ4n) is 4.55. The van der Waals surface area contributed by atoms with Crippen molar-refractivity contribution in [2.75, 3.05) is 17.3 Å². The minimum absolute atomic E-state index is 0.00181. The molecular weight excluding hydrogens is 424 g/mol. The van der Waals surface area contributed by atoms with E-state index in [0.717, 1.165) is 37.0 Å². The quantitative estimate of drug-likeness (QED) is 0.622. The summed E-state index contributed by atoms with van der Waals surface area (Å²) in [7, 11) is -1.18. The molecule has 10 heteroatoms. The summed E-state index contributed by atoms with van der Waals surface area (Å²) in [6.45, 7) is 1.87. The van der Waals surface area contributed by atoms with Gasteiger partial charge in [-0.3, -0.25) is 4.79 Å². The first kappa shape index (κ1) is 21.4. The van der Waals surface area contributed by atoms with Gasteiger partial charge in [-0.1, -0.05) is 31.0 Å². The van der Waals surface area contributed by atoms with Crippen LogP contribution in [0.1, 0.15) is 44.3 Å². The van der Waals surface area contributed by atoms with E-state index in [1.165, 1.54) is 18.2 Å². The maximum Gasteiger partial charge on any atom is 0.233 e. The lowest BCUT2D eigenvalue weighted by Crippen LogP contribution is -2.49. The Bertz CT molecular complexity index is 1010. The SMILES string of the molecule is Cc1occc1-c1nnc(SCC(=O)N(C2CCCCC2)[C@H]2CCS(=O)(=O)C2)n1C. The normalized spacial score (nSPS) is 21.7. The van der Waals surface area contributed by atoms with Crippen LogP contribution in [0.5, 0.6) is 0 Å². The fraction of sp³-hybridized carbons (Fsp3) is 0.650. The Morgan fingerprint density at radius 1 is 1.23 bits per heavy atom. The van der Waals surface area contributed by atoms with E-state index < -0.39 is 9.84 Å². The third kappa shape index (κ3) is 4.44. The predicted molar refractivity (Wildman–Crippen MR) is 115 cm³/mol. The van der Waals surface area contributed by atoms with Gasteiger partial charge >= 0.3 is 0 Å². The molecule has 30 heavy (non-hydrogen) atoms. The molecule has 0 unspecified atom stereocenters. The van der Waals surface area contributed by atoms with Gasteiger partial charge in [-0.25, -0.2) is 8.42 Å². The van der Waals surface area contributed by atoms with Crippen molar-refractivity contribution < 1.29 is 17.6 Å². The highest BCUT2D eigenvalue weighted by atomic mass is 32.2. The lowest BCUT2D eigenvalue weighted by Gasteiger charge is -2.38. The van der Waals surface area contributed by atoms with Crippen molar-refractivity contribution >= 4 is 27.5 Å². The third-order valence-electron chi connectivity index (χ3n) is 6.12. The number of rotatable bonds is 6. The molecule has 2 aromatic rings. The van der Waals surface area contributed by atoms with Gasteiger partial charge in [0.15, 0.2) is 20.8 Å². The lowest BCUT2D eigenvalue weighted by atomic mass is 9.93. The van der Waals surface area contributed by atoms with Gasteiger partial charge in [-0.05, 0) is 32.3 Å². The average molecular weight is 453 g/mol.